The van der Waals surface area contributed by atoms with E-state index in [1.807, 2.05) is 13.0 Å². The fourth-order valence-electron chi connectivity index (χ4n) is 1.55. The number of hydrogen-bond donors (Lipinski definition) is 2. The van der Waals surface area contributed by atoms with E-state index in [4.69, 9.17) is 10.6 Å². The molecule has 106 valence electrons. The summed E-state index contributed by atoms with van der Waals surface area (Å²) in [5, 5.41) is 0. The van der Waals surface area contributed by atoms with Crippen LogP contribution in [-0.4, -0.2) is 31.5 Å². The minimum atomic E-state index is -0.613. The molecule has 0 bridgehead atoms. The fourth-order valence-corrected chi connectivity index (χ4v) is 1.55. The lowest BCUT2D eigenvalue weighted by molar-refractivity contribution is 0.0114. The van der Waals surface area contributed by atoms with E-state index in [2.05, 4.69) is 5.43 Å². The van der Waals surface area contributed by atoms with Crippen LogP contribution in [0.25, 0.3) is 0 Å². The number of ether oxygens (including phenoxy) is 1. The Balaban J connectivity index is 2.53. The van der Waals surface area contributed by atoms with E-state index in [-0.39, 0.29) is 12.8 Å². The van der Waals surface area contributed by atoms with Gasteiger partial charge in [0.25, 0.3) is 0 Å². The van der Waals surface area contributed by atoms with Crippen molar-refractivity contribution in [2.24, 2.45) is 5.84 Å². The maximum absolute atomic E-state index is 13.3. The average molecular weight is 271 g/mol. The lowest BCUT2D eigenvalue weighted by Crippen LogP contribution is -2.35. The van der Waals surface area contributed by atoms with Gasteiger partial charge < -0.3 is 15.1 Å². The summed E-state index contributed by atoms with van der Waals surface area (Å²) in [6.07, 6.45) is 6.98. The van der Waals surface area contributed by atoms with Gasteiger partial charge in [0.2, 0.25) is 0 Å². The molecular weight excluding hydrogens is 252 g/mol. The predicted molar refractivity (Wildman–Crippen MR) is 71.0 cm³/mol. The summed E-state index contributed by atoms with van der Waals surface area (Å²) in [6, 6.07) is 0. The number of hydrazine groups is 1. The number of hydrogen-bond acceptors (Lipinski definition) is 4. The van der Waals surface area contributed by atoms with Crippen molar-refractivity contribution in [2.45, 2.75) is 13.2 Å². The van der Waals surface area contributed by atoms with Gasteiger partial charge in [0.1, 0.15) is 25.3 Å². The standard InChI is InChI=1S/C13H19F2N3O/c1-10-7-13(18(2)8-12(10)17-16)19-9-11(15)5-3-4-6-14/h3-5,7-8,13,17H,6,9,16H2,1-2H3/b4-3-,11-5+. The third-order valence-corrected chi connectivity index (χ3v) is 2.60. The van der Waals surface area contributed by atoms with Crippen LogP contribution >= 0.6 is 0 Å². The molecule has 1 unspecified atom stereocenters. The Hall–Kier alpha value is -1.66. The lowest BCUT2D eigenvalue weighted by atomic mass is 10.1. The zero-order chi connectivity index (χ0) is 14.3. The summed E-state index contributed by atoms with van der Waals surface area (Å²) in [5.74, 6) is 4.90. The number of nitrogens with two attached hydrogens (primary N) is 1. The van der Waals surface area contributed by atoms with Crippen LogP contribution in [0.15, 0.2) is 47.6 Å². The largest absolute Gasteiger partial charge is 0.350 e. The first-order valence-electron chi connectivity index (χ1n) is 5.86. The van der Waals surface area contributed by atoms with Crippen LogP contribution in [0.5, 0.6) is 0 Å². The third-order valence-electron chi connectivity index (χ3n) is 2.60. The van der Waals surface area contributed by atoms with Crippen LogP contribution < -0.4 is 11.3 Å². The van der Waals surface area contributed by atoms with E-state index >= 15 is 0 Å². The van der Waals surface area contributed by atoms with Gasteiger partial charge in [-0.15, -0.1) is 0 Å². The zero-order valence-electron chi connectivity index (χ0n) is 11.1. The van der Waals surface area contributed by atoms with E-state index in [0.717, 1.165) is 11.3 Å². The topological polar surface area (TPSA) is 50.5 Å². The first kappa shape index (κ1) is 15.4. The Labute approximate surface area is 111 Å². The summed E-state index contributed by atoms with van der Waals surface area (Å²) in [7, 11) is 1.80. The molecule has 1 aliphatic heterocycles. The highest BCUT2D eigenvalue weighted by Gasteiger charge is 2.17. The predicted octanol–water partition coefficient (Wildman–Crippen LogP) is 1.90. The Morgan fingerprint density at radius 2 is 2.37 bits per heavy atom. The summed E-state index contributed by atoms with van der Waals surface area (Å²) in [4.78, 5) is 1.77. The van der Waals surface area contributed by atoms with E-state index in [1.165, 1.54) is 18.2 Å². The van der Waals surface area contributed by atoms with E-state index in [9.17, 15) is 8.78 Å². The average Bonchev–Trinajstić information content (AvgIpc) is 2.39. The molecular formula is C13H19F2N3O. The lowest BCUT2D eigenvalue weighted by Gasteiger charge is -2.29. The van der Waals surface area contributed by atoms with Gasteiger partial charge >= 0.3 is 0 Å². The molecule has 19 heavy (non-hydrogen) atoms. The van der Waals surface area contributed by atoms with Gasteiger partial charge in [-0.2, -0.15) is 0 Å². The number of likely N-dealkylation sites (N-methyl/N-ethyl adjacent to an activating group) is 1. The molecule has 0 saturated heterocycles. The van der Waals surface area contributed by atoms with Crippen molar-refractivity contribution < 1.29 is 13.5 Å². The maximum Gasteiger partial charge on any atom is 0.150 e. The van der Waals surface area contributed by atoms with Crippen molar-refractivity contribution in [2.75, 3.05) is 20.3 Å². The van der Waals surface area contributed by atoms with Gasteiger partial charge in [-0.1, -0.05) is 12.2 Å². The molecule has 6 heteroatoms. The first-order chi connectivity index (χ1) is 9.08. The molecule has 0 fully saturated rings. The minimum Gasteiger partial charge on any atom is -0.350 e. The summed E-state index contributed by atoms with van der Waals surface area (Å²) >= 11 is 0. The van der Waals surface area contributed by atoms with Crippen molar-refractivity contribution >= 4 is 0 Å². The van der Waals surface area contributed by atoms with Crippen LogP contribution in [0, 0.1) is 0 Å². The molecule has 1 heterocycles. The van der Waals surface area contributed by atoms with Gasteiger partial charge in [-0.05, 0) is 24.6 Å². The molecule has 1 atom stereocenters. The SMILES string of the molecule is CC1=CC(OC/C(F)=C\C=C/CF)N(C)C=C1NN. The van der Waals surface area contributed by atoms with Gasteiger partial charge in [0.05, 0.1) is 5.70 Å². The van der Waals surface area contributed by atoms with Crippen molar-refractivity contribution in [3.63, 3.8) is 0 Å². The number of allylic oxidation sites excluding steroid dienone is 4. The van der Waals surface area contributed by atoms with Gasteiger partial charge in [-0.3, -0.25) is 5.84 Å². The molecule has 0 aliphatic carbocycles. The normalized spacial score (nSPS) is 20.6. The van der Waals surface area contributed by atoms with Crippen LogP contribution in [0.1, 0.15) is 6.92 Å². The highest BCUT2D eigenvalue weighted by atomic mass is 19.1. The van der Waals surface area contributed by atoms with Crippen molar-refractivity contribution in [1.82, 2.24) is 10.3 Å². The molecule has 0 amide bonds. The van der Waals surface area contributed by atoms with Crippen molar-refractivity contribution in [3.8, 4) is 0 Å². The molecule has 1 rings (SSSR count). The number of nitrogens with one attached hydrogen (secondary N) is 1. The van der Waals surface area contributed by atoms with Crippen LogP contribution in [0.4, 0.5) is 8.78 Å². The molecule has 0 spiro atoms. The van der Waals surface area contributed by atoms with E-state index in [1.54, 1.807) is 18.1 Å². The quantitative estimate of drug-likeness (QED) is 0.440. The van der Waals surface area contributed by atoms with Crippen molar-refractivity contribution in [1.29, 1.82) is 0 Å². The second kappa shape index (κ2) is 7.70. The highest BCUT2D eigenvalue weighted by Crippen LogP contribution is 2.18. The molecule has 0 aromatic carbocycles. The van der Waals surface area contributed by atoms with Crippen LogP contribution in [-0.2, 0) is 4.74 Å². The fraction of sp³-hybridized carbons (Fsp3) is 0.385. The van der Waals surface area contributed by atoms with Crippen LogP contribution in [0.3, 0.4) is 0 Å². The number of alkyl halides is 1. The van der Waals surface area contributed by atoms with Gasteiger partial charge in [0, 0.05) is 13.2 Å². The zero-order valence-corrected chi connectivity index (χ0v) is 11.1. The number of nitrogens with zero attached hydrogens (tertiary/aromatic N) is 1. The maximum atomic E-state index is 13.3. The Kier molecular flexibility index (Phi) is 6.24. The molecule has 3 N–H and O–H groups in total. The highest BCUT2D eigenvalue weighted by molar-refractivity contribution is 5.30. The summed E-state index contributed by atoms with van der Waals surface area (Å²) < 4.78 is 30.5. The van der Waals surface area contributed by atoms with E-state index in [0.29, 0.717) is 0 Å². The molecule has 1 aliphatic rings. The minimum absolute atomic E-state index is 0.172. The van der Waals surface area contributed by atoms with Crippen molar-refractivity contribution in [3.05, 3.63) is 47.6 Å². The second-order valence-electron chi connectivity index (χ2n) is 4.10. The molecule has 0 saturated carbocycles. The van der Waals surface area contributed by atoms with Crippen LogP contribution in [0.2, 0.25) is 0 Å². The van der Waals surface area contributed by atoms with Gasteiger partial charge in [0.15, 0.2) is 0 Å². The Bertz CT molecular complexity index is 416. The van der Waals surface area contributed by atoms with E-state index < -0.39 is 12.5 Å². The monoisotopic (exact) mass is 271 g/mol. The first-order valence-corrected chi connectivity index (χ1v) is 5.86. The molecule has 4 nitrogen and oxygen atoms in total. The molecule has 0 aromatic heterocycles. The Morgan fingerprint density at radius 1 is 1.63 bits per heavy atom. The molecule has 0 radical (unpaired) electrons. The summed E-state index contributed by atoms with van der Waals surface area (Å²) in [6.45, 7) is 1.09. The summed E-state index contributed by atoms with van der Waals surface area (Å²) in [5.41, 5.74) is 4.27. The number of halogens is 2. The third kappa shape index (κ3) is 4.84. The Morgan fingerprint density at radius 3 is 3.00 bits per heavy atom. The smallest absolute Gasteiger partial charge is 0.150 e. The van der Waals surface area contributed by atoms with Gasteiger partial charge in [-0.25, -0.2) is 8.78 Å². The second-order valence-corrected chi connectivity index (χ2v) is 4.10. The molecule has 0 aromatic rings. The number of rotatable bonds is 6.